The Kier molecular flexibility index (Phi) is 6.26. The Morgan fingerprint density at radius 3 is 2.93 bits per heavy atom. The SMILES string of the molecule is Cc1noc(C)c1CN1CCC(NC(=O)CCCn2ccnc2)CCC1=O. The van der Waals surface area contributed by atoms with Gasteiger partial charge in [-0.3, -0.25) is 9.59 Å². The molecule has 1 aliphatic heterocycles. The fourth-order valence-electron chi connectivity index (χ4n) is 3.41. The van der Waals surface area contributed by atoms with E-state index >= 15 is 0 Å². The molecular weight excluding hydrogens is 346 g/mol. The Morgan fingerprint density at radius 2 is 2.22 bits per heavy atom. The topological polar surface area (TPSA) is 93.3 Å². The first-order chi connectivity index (χ1) is 13.0. The first-order valence-electron chi connectivity index (χ1n) is 9.47. The molecule has 0 saturated carbocycles. The van der Waals surface area contributed by atoms with Crippen LogP contribution in [0.15, 0.2) is 23.2 Å². The molecular formula is C19H27N5O3. The molecule has 1 fully saturated rings. The van der Waals surface area contributed by atoms with Gasteiger partial charge in [-0.25, -0.2) is 4.98 Å². The third-order valence-corrected chi connectivity index (χ3v) is 5.08. The molecule has 146 valence electrons. The van der Waals surface area contributed by atoms with Gasteiger partial charge in [-0.2, -0.15) is 0 Å². The molecule has 1 aliphatic rings. The summed E-state index contributed by atoms with van der Waals surface area (Å²) < 4.78 is 7.15. The summed E-state index contributed by atoms with van der Waals surface area (Å²) >= 11 is 0. The molecule has 0 aliphatic carbocycles. The van der Waals surface area contributed by atoms with Crippen LogP contribution in [-0.4, -0.2) is 44.0 Å². The van der Waals surface area contributed by atoms with Crippen LogP contribution in [0.4, 0.5) is 0 Å². The number of rotatable bonds is 7. The van der Waals surface area contributed by atoms with Gasteiger partial charge in [-0.05, 0) is 33.1 Å². The van der Waals surface area contributed by atoms with Crippen molar-refractivity contribution in [3.8, 4) is 0 Å². The van der Waals surface area contributed by atoms with E-state index in [1.54, 1.807) is 12.5 Å². The Morgan fingerprint density at radius 1 is 1.37 bits per heavy atom. The number of aromatic nitrogens is 3. The summed E-state index contributed by atoms with van der Waals surface area (Å²) in [5.74, 6) is 0.922. The van der Waals surface area contributed by atoms with Gasteiger partial charge in [0, 0.05) is 49.9 Å². The van der Waals surface area contributed by atoms with E-state index in [9.17, 15) is 9.59 Å². The standard InChI is InChI=1S/C19H27N5O3/c1-14-17(15(2)27-22-14)12-24-10-7-16(5-6-19(24)26)21-18(25)4-3-9-23-11-8-20-13-23/h8,11,13,16H,3-7,9-10,12H2,1-2H3,(H,21,25). The third-order valence-electron chi connectivity index (χ3n) is 5.08. The van der Waals surface area contributed by atoms with Gasteiger partial charge in [0.15, 0.2) is 0 Å². The van der Waals surface area contributed by atoms with Gasteiger partial charge < -0.3 is 19.3 Å². The number of nitrogens with zero attached hydrogens (tertiary/aromatic N) is 4. The monoisotopic (exact) mass is 373 g/mol. The van der Waals surface area contributed by atoms with Crippen LogP contribution in [0.25, 0.3) is 0 Å². The quantitative estimate of drug-likeness (QED) is 0.801. The van der Waals surface area contributed by atoms with Crippen molar-refractivity contribution in [1.82, 2.24) is 24.9 Å². The molecule has 0 radical (unpaired) electrons. The van der Waals surface area contributed by atoms with Crippen LogP contribution in [0.1, 0.15) is 49.1 Å². The lowest BCUT2D eigenvalue weighted by molar-refractivity contribution is -0.131. The van der Waals surface area contributed by atoms with Crippen LogP contribution < -0.4 is 5.32 Å². The van der Waals surface area contributed by atoms with Gasteiger partial charge in [0.1, 0.15) is 5.76 Å². The van der Waals surface area contributed by atoms with E-state index in [1.807, 2.05) is 29.5 Å². The molecule has 27 heavy (non-hydrogen) atoms. The van der Waals surface area contributed by atoms with Crippen molar-refractivity contribution >= 4 is 11.8 Å². The number of carbonyl (C=O) groups is 2. The van der Waals surface area contributed by atoms with E-state index in [-0.39, 0.29) is 17.9 Å². The molecule has 1 saturated heterocycles. The number of likely N-dealkylation sites (tertiary alicyclic amines) is 1. The molecule has 1 atom stereocenters. The van der Waals surface area contributed by atoms with E-state index in [0.29, 0.717) is 32.4 Å². The van der Waals surface area contributed by atoms with Crippen molar-refractivity contribution in [3.63, 3.8) is 0 Å². The van der Waals surface area contributed by atoms with E-state index in [0.717, 1.165) is 36.4 Å². The van der Waals surface area contributed by atoms with E-state index in [4.69, 9.17) is 4.52 Å². The Labute approximate surface area is 158 Å². The number of hydrogen-bond donors (Lipinski definition) is 1. The number of amides is 2. The number of aryl methyl sites for hydroxylation is 3. The molecule has 2 aromatic heterocycles. The zero-order valence-corrected chi connectivity index (χ0v) is 16.0. The highest BCUT2D eigenvalue weighted by atomic mass is 16.5. The third kappa shape index (κ3) is 5.18. The van der Waals surface area contributed by atoms with Crippen molar-refractivity contribution in [1.29, 1.82) is 0 Å². The summed E-state index contributed by atoms with van der Waals surface area (Å²) in [6.45, 7) is 5.68. The number of imidazole rings is 1. The van der Waals surface area contributed by atoms with Crippen LogP contribution >= 0.6 is 0 Å². The molecule has 0 spiro atoms. The average Bonchev–Trinajstić information content (AvgIpc) is 3.22. The van der Waals surface area contributed by atoms with Gasteiger partial charge in [0.25, 0.3) is 0 Å². The number of nitrogens with one attached hydrogen (secondary N) is 1. The van der Waals surface area contributed by atoms with Crippen molar-refractivity contribution in [2.75, 3.05) is 6.54 Å². The predicted molar refractivity (Wildman–Crippen MR) is 98.6 cm³/mol. The summed E-state index contributed by atoms with van der Waals surface area (Å²) in [6, 6.07) is 0.0457. The molecule has 0 aromatic carbocycles. The van der Waals surface area contributed by atoms with E-state index < -0.39 is 0 Å². The minimum Gasteiger partial charge on any atom is -0.361 e. The van der Waals surface area contributed by atoms with Crippen LogP contribution in [0.5, 0.6) is 0 Å². The van der Waals surface area contributed by atoms with Crippen molar-refractivity contribution in [3.05, 3.63) is 35.7 Å². The lowest BCUT2D eigenvalue weighted by Crippen LogP contribution is -2.36. The Bertz CT molecular complexity index is 749. The van der Waals surface area contributed by atoms with E-state index in [2.05, 4.69) is 15.5 Å². The van der Waals surface area contributed by atoms with Crippen molar-refractivity contribution in [2.24, 2.45) is 0 Å². The van der Waals surface area contributed by atoms with Crippen LogP contribution in [0.2, 0.25) is 0 Å². The lowest BCUT2D eigenvalue weighted by Gasteiger charge is -2.21. The summed E-state index contributed by atoms with van der Waals surface area (Å²) in [4.78, 5) is 30.5. The van der Waals surface area contributed by atoms with Crippen molar-refractivity contribution in [2.45, 2.75) is 65.1 Å². The molecule has 8 heteroatoms. The summed E-state index contributed by atoms with van der Waals surface area (Å²) in [5.41, 5.74) is 1.80. The molecule has 3 rings (SSSR count). The minimum absolute atomic E-state index is 0.0457. The second kappa shape index (κ2) is 8.83. The highest BCUT2D eigenvalue weighted by Gasteiger charge is 2.25. The van der Waals surface area contributed by atoms with E-state index in [1.165, 1.54) is 0 Å². The Balaban J connectivity index is 1.45. The van der Waals surface area contributed by atoms with Gasteiger partial charge >= 0.3 is 0 Å². The zero-order valence-electron chi connectivity index (χ0n) is 16.0. The van der Waals surface area contributed by atoms with Gasteiger partial charge in [-0.1, -0.05) is 5.16 Å². The predicted octanol–water partition coefficient (Wildman–Crippen LogP) is 1.97. The second-order valence-electron chi connectivity index (χ2n) is 7.11. The fraction of sp³-hybridized carbons (Fsp3) is 0.579. The summed E-state index contributed by atoms with van der Waals surface area (Å²) in [5, 5.41) is 7.04. The van der Waals surface area contributed by atoms with Crippen LogP contribution in [-0.2, 0) is 22.7 Å². The van der Waals surface area contributed by atoms with Crippen LogP contribution in [0, 0.1) is 13.8 Å². The first-order valence-corrected chi connectivity index (χ1v) is 9.47. The highest BCUT2D eigenvalue weighted by Crippen LogP contribution is 2.19. The molecule has 8 nitrogen and oxygen atoms in total. The molecule has 0 bridgehead atoms. The normalized spacial score (nSPS) is 17.8. The fourth-order valence-corrected chi connectivity index (χ4v) is 3.41. The summed E-state index contributed by atoms with van der Waals surface area (Å²) in [7, 11) is 0. The second-order valence-corrected chi connectivity index (χ2v) is 7.11. The lowest BCUT2D eigenvalue weighted by atomic mass is 10.1. The zero-order chi connectivity index (χ0) is 19.2. The maximum Gasteiger partial charge on any atom is 0.222 e. The largest absolute Gasteiger partial charge is 0.361 e. The minimum atomic E-state index is 0.0457. The van der Waals surface area contributed by atoms with Gasteiger partial charge in [0.2, 0.25) is 11.8 Å². The first kappa shape index (κ1) is 19.1. The molecule has 1 N–H and O–H groups in total. The maximum absolute atomic E-state index is 12.5. The average molecular weight is 373 g/mol. The van der Waals surface area contributed by atoms with Crippen molar-refractivity contribution < 1.29 is 14.1 Å². The number of hydrogen-bond acceptors (Lipinski definition) is 5. The molecule has 3 heterocycles. The Hall–Kier alpha value is -2.64. The molecule has 2 aromatic rings. The van der Waals surface area contributed by atoms with Crippen LogP contribution in [0.3, 0.4) is 0 Å². The molecule has 1 unspecified atom stereocenters. The van der Waals surface area contributed by atoms with Gasteiger partial charge in [-0.15, -0.1) is 0 Å². The van der Waals surface area contributed by atoms with Gasteiger partial charge in [0.05, 0.1) is 18.6 Å². The summed E-state index contributed by atoms with van der Waals surface area (Å²) in [6.07, 6.45) is 8.52. The highest BCUT2D eigenvalue weighted by molar-refractivity contribution is 5.78. The maximum atomic E-state index is 12.5. The number of carbonyl (C=O) groups excluding carboxylic acids is 2. The smallest absolute Gasteiger partial charge is 0.222 e. The molecule has 2 amide bonds.